The second-order valence-electron chi connectivity index (χ2n) is 3.79. The standard InChI is InChI=1S/C9H18N2O2/c12-3-1-8-7-13-4-2-11(8)9-5-10-6-9/h8-10,12H,1-7H2. The Bertz CT molecular complexity index is 160. The highest BCUT2D eigenvalue weighted by Crippen LogP contribution is 2.16. The summed E-state index contributed by atoms with van der Waals surface area (Å²) in [6, 6.07) is 1.12. The van der Waals surface area contributed by atoms with Crippen LogP contribution in [0.1, 0.15) is 6.42 Å². The minimum atomic E-state index is 0.269. The van der Waals surface area contributed by atoms with Crippen molar-refractivity contribution in [2.75, 3.05) is 39.5 Å². The van der Waals surface area contributed by atoms with E-state index in [4.69, 9.17) is 9.84 Å². The topological polar surface area (TPSA) is 44.7 Å². The number of nitrogens with zero attached hydrogens (tertiary/aromatic N) is 1. The van der Waals surface area contributed by atoms with Gasteiger partial charge in [0, 0.05) is 38.3 Å². The molecule has 2 N–H and O–H groups in total. The average Bonchev–Trinajstić information content (AvgIpc) is 2.05. The molecule has 2 aliphatic rings. The molecule has 76 valence electrons. The fourth-order valence-corrected chi connectivity index (χ4v) is 2.05. The van der Waals surface area contributed by atoms with Crippen LogP contribution in [0, 0.1) is 0 Å². The second-order valence-corrected chi connectivity index (χ2v) is 3.79. The van der Waals surface area contributed by atoms with Gasteiger partial charge in [-0.2, -0.15) is 0 Å². The lowest BCUT2D eigenvalue weighted by atomic mass is 10.0. The van der Waals surface area contributed by atoms with Crippen molar-refractivity contribution in [2.24, 2.45) is 0 Å². The third-order valence-corrected chi connectivity index (χ3v) is 2.96. The maximum absolute atomic E-state index is 8.91. The largest absolute Gasteiger partial charge is 0.396 e. The van der Waals surface area contributed by atoms with Gasteiger partial charge in [-0.3, -0.25) is 4.90 Å². The summed E-state index contributed by atoms with van der Waals surface area (Å²) >= 11 is 0. The van der Waals surface area contributed by atoms with Crippen molar-refractivity contribution in [3.8, 4) is 0 Å². The summed E-state index contributed by atoms with van der Waals surface area (Å²) in [5, 5.41) is 12.2. The van der Waals surface area contributed by atoms with Crippen LogP contribution in [0.3, 0.4) is 0 Å². The van der Waals surface area contributed by atoms with Gasteiger partial charge in [0.1, 0.15) is 0 Å². The molecule has 1 atom stereocenters. The third-order valence-electron chi connectivity index (χ3n) is 2.96. The van der Waals surface area contributed by atoms with E-state index in [9.17, 15) is 0 Å². The summed E-state index contributed by atoms with van der Waals surface area (Å²) in [7, 11) is 0. The normalized spacial score (nSPS) is 31.6. The van der Waals surface area contributed by atoms with Crippen molar-refractivity contribution in [3.05, 3.63) is 0 Å². The Kier molecular flexibility index (Phi) is 3.16. The highest BCUT2D eigenvalue weighted by Gasteiger charge is 2.31. The van der Waals surface area contributed by atoms with E-state index in [2.05, 4.69) is 10.2 Å². The molecule has 2 saturated heterocycles. The first-order valence-electron chi connectivity index (χ1n) is 5.07. The Balaban J connectivity index is 1.87. The van der Waals surface area contributed by atoms with E-state index < -0.39 is 0 Å². The van der Waals surface area contributed by atoms with Crippen LogP contribution in [0.5, 0.6) is 0 Å². The van der Waals surface area contributed by atoms with Gasteiger partial charge in [-0.15, -0.1) is 0 Å². The van der Waals surface area contributed by atoms with Gasteiger partial charge in [0.15, 0.2) is 0 Å². The van der Waals surface area contributed by atoms with E-state index >= 15 is 0 Å². The summed E-state index contributed by atoms with van der Waals surface area (Å²) in [5.74, 6) is 0. The molecule has 0 aliphatic carbocycles. The van der Waals surface area contributed by atoms with Gasteiger partial charge >= 0.3 is 0 Å². The van der Waals surface area contributed by atoms with Crippen LogP contribution in [0.2, 0.25) is 0 Å². The van der Waals surface area contributed by atoms with Crippen molar-refractivity contribution in [2.45, 2.75) is 18.5 Å². The maximum Gasteiger partial charge on any atom is 0.0623 e. The van der Waals surface area contributed by atoms with Gasteiger partial charge in [-0.05, 0) is 6.42 Å². The van der Waals surface area contributed by atoms with Gasteiger partial charge in [0.25, 0.3) is 0 Å². The molecule has 0 saturated carbocycles. The molecule has 0 aromatic heterocycles. The first-order chi connectivity index (χ1) is 6.42. The molecule has 0 aromatic carbocycles. The fraction of sp³-hybridized carbons (Fsp3) is 1.00. The Morgan fingerprint density at radius 2 is 2.31 bits per heavy atom. The van der Waals surface area contributed by atoms with E-state index in [1.165, 1.54) is 0 Å². The first kappa shape index (κ1) is 9.40. The highest BCUT2D eigenvalue weighted by atomic mass is 16.5. The van der Waals surface area contributed by atoms with Crippen molar-refractivity contribution in [3.63, 3.8) is 0 Å². The van der Waals surface area contributed by atoms with Crippen LogP contribution in [-0.2, 0) is 4.74 Å². The van der Waals surface area contributed by atoms with Crippen molar-refractivity contribution in [1.29, 1.82) is 0 Å². The molecule has 2 aliphatic heterocycles. The third kappa shape index (κ3) is 2.02. The quantitative estimate of drug-likeness (QED) is 0.596. The van der Waals surface area contributed by atoms with Crippen LogP contribution >= 0.6 is 0 Å². The smallest absolute Gasteiger partial charge is 0.0623 e. The molecule has 0 spiro atoms. The van der Waals surface area contributed by atoms with Crippen LogP contribution in [0.25, 0.3) is 0 Å². The Morgan fingerprint density at radius 3 is 2.92 bits per heavy atom. The number of ether oxygens (including phenoxy) is 1. The number of aliphatic hydroxyl groups is 1. The molecule has 1 unspecified atom stereocenters. The van der Waals surface area contributed by atoms with E-state index in [-0.39, 0.29) is 6.61 Å². The number of hydrogen-bond acceptors (Lipinski definition) is 4. The molecule has 0 aromatic rings. The molecular formula is C9H18N2O2. The zero-order valence-corrected chi connectivity index (χ0v) is 7.91. The molecule has 2 fully saturated rings. The van der Waals surface area contributed by atoms with Gasteiger partial charge in [0.2, 0.25) is 0 Å². The molecule has 0 bridgehead atoms. The van der Waals surface area contributed by atoms with Crippen molar-refractivity contribution in [1.82, 2.24) is 10.2 Å². The van der Waals surface area contributed by atoms with Crippen LogP contribution < -0.4 is 5.32 Å². The fourth-order valence-electron chi connectivity index (χ4n) is 2.05. The number of aliphatic hydroxyl groups excluding tert-OH is 1. The zero-order chi connectivity index (χ0) is 9.10. The van der Waals surface area contributed by atoms with Crippen LogP contribution in [0.4, 0.5) is 0 Å². The second kappa shape index (κ2) is 4.37. The summed E-state index contributed by atoms with van der Waals surface area (Å²) in [6.45, 7) is 5.13. The molecule has 0 radical (unpaired) electrons. The lowest BCUT2D eigenvalue weighted by Crippen LogP contribution is -2.62. The number of nitrogens with one attached hydrogen (secondary N) is 1. The van der Waals surface area contributed by atoms with E-state index in [0.29, 0.717) is 12.1 Å². The maximum atomic E-state index is 8.91. The van der Waals surface area contributed by atoms with Gasteiger partial charge in [0.05, 0.1) is 13.2 Å². The van der Waals surface area contributed by atoms with Crippen molar-refractivity contribution < 1.29 is 9.84 Å². The molecule has 2 heterocycles. The Morgan fingerprint density at radius 1 is 1.46 bits per heavy atom. The summed E-state index contributed by atoms with van der Waals surface area (Å²) in [5.41, 5.74) is 0. The lowest BCUT2D eigenvalue weighted by Gasteiger charge is -2.45. The minimum Gasteiger partial charge on any atom is -0.396 e. The molecule has 4 heteroatoms. The summed E-state index contributed by atoms with van der Waals surface area (Å²) in [4.78, 5) is 2.48. The SMILES string of the molecule is OCCC1COCCN1C1CNC1. The minimum absolute atomic E-state index is 0.269. The Labute approximate surface area is 78.9 Å². The number of morpholine rings is 1. The number of hydrogen-bond donors (Lipinski definition) is 2. The van der Waals surface area contributed by atoms with E-state index in [0.717, 1.165) is 39.3 Å². The Hall–Kier alpha value is -0.160. The molecule has 0 amide bonds. The van der Waals surface area contributed by atoms with Crippen LogP contribution in [0.15, 0.2) is 0 Å². The van der Waals surface area contributed by atoms with E-state index in [1.807, 2.05) is 0 Å². The molecule has 13 heavy (non-hydrogen) atoms. The molecule has 4 nitrogen and oxygen atoms in total. The predicted octanol–water partition coefficient (Wildman–Crippen LogP) is -0.959. The van der Waals surface area contributed by atoms with Gasteiger partial charge in [-0.1, -0.05) is 0 Å². The lowest BCUT2D eigenvalue weighted by molar-refractivity contribution is -0.0459. The summed E-state index contributed by atoms with van der Waals surface area (Å²) in [6.07, 6.45) is 0.844. The molecular weight excluding hydrogens is 168 g/mol. The monoisotopic (exact) mass is 186 g/mol. The summed E-state index contributed by atoms with van der Waals surface area (Å²) < 4.78 is 5.41. The van der Waals surface area contributed by atoms with Gasteiger partial charge in [-0.25, -0.2) is 0 Å². The van der Waals surface area contributed by atoms with Gasteiger partial charge < -0.3 is 15.2 Å². The molecule has 2 rings (SSSR count). The zero-order valence-electron chi connectivity index (χ0n) is 7.91. The van der Waals surface area contributed by atoms with Crippen molar-refractivity contribution >= 4 is 0 Å². The van der Waals surface area contributed by atoms with E-state index in [1.54, 1.807) is 0 Å². The highest BCUT2D eigenvalue weighted by molar-refractivity contribution is 4.89. The first-order valence-corrected chi connectivity index (χ1v) is 5.07. The average molecular weight is 186 g/mol. The van der Waals surface area contributed by atoms with Crippen LogP contribution in [-0.4, -0.2) is 61.5 Å². The predicted molar refractivity (Wildman–Crippen MR) is 49.7 cm³/mol. The number of rotatable bonds is 3.